The van der Waals surface area contributed by atoms with Gasteiger partial charge in [-0.25, -0.2) is 4.79 Å². The summed E-state index contributed by atoms with van der Waals surface area (Å²) in [5.74, 6) is 2.39. The zero-order chi connectivity index (χ0) is 10.1. The van der Waals surface area contributed by atoms with Crippen LogP contribution < -0.4 is 11.4 Å². The van der Waals surface area contributed by atoms with Crippen LogP contribution in [0.4, 0.5) is 5.69 Å². The first kappa shape index (κ1) is 8.39. The maximum absolute atomic E-state index is 11.2. The quantitative estimate of drug-likeness (QED) is 0.498. The molecule has 2 rings (SSSR count). The van der Waals surface area contributed by atoms with Crippen LogP contribution in [0.15, 0.2) is 33.5 Å². The second kappa shape index (κ2) is 2.93. The number of hydrogen-bond acceptors (Lipinski definition) is 3. The van der Waals surface area contributed by atoms with Gasteiger partial charge >= 0.3 is 5.63 Å². The van der Waals surface area contributed by atoms with E-state index in [-0.39, 0.29) is 5.69 Å². The van der Waals surface area contributed by atoms with Crippen molar-refractivity contribution in [1.29, 1.82) is 0 Å². The van der Waals surface area contributed by atoms with Crippen LogP contribution in [0.5, 0.6) is 0 Å². The lowest BCUT2D eigenvalue weighted by Crippen LogP contribution is -2.09. The van der Waals surface area contributed by atoms with Gasteiger partial charge in [-0.3, -0.25) is 0 Å². The number of fused-ring (bicyclic) bond motifs is 1. The number of para-hydroxylation sites is 1. The van der Waals surface area contributed by atoms with E-state index in [0.717, 1.165) is 0 Å². The van der Waals surface area contributed by atoms with Crippen molar-refractivity contribution in [2.75, 3.05) is 5.73 Å². The average Bonchev–Trinajstić information content (AvgIpc) is 2.20. The standard InChI is InChI=1S/C11H7NO2/c1-2-7-8-5-3-4-6-9(8)14-11(13)10(7)12/h1,3-6H,12H2. The first-order chi connectivity index (χ1) is 6.74. The van der Waals surface area contributed by atoms with Gasteiger partial charge in [-0.2, -0.15) is 0 Å². The fraction of sp³-hybridized carbons (Fsp3) is 0. The molecule has 1 heterocycles. The summed E-state index contributed by atoms with van der Waals surface area (Å²) in [4.78, 5) is 11.2. The van der Waals surface area contributed by atoms with Gasteiger partial charge in [0.2, 0.25) is 0 Å². The van der Waals surface area contributed by atoms with E-state index in [1.807, 2.05) is 6.07 Å². The number of terminal acetylenes is 1. The van der Waals surface area contributed by atoms with Crippen LogP contribution in [0.2, 0.25) is 0 Å². The molecule has 0 spiro atoms. The van der Waals surface area contributed by atoms with Crippen molar-refractivity contribution >= 4 is 16.7 Å². The first-order valence-electron chi connectivity index (χ1n) is 4.02. The predicted octanol–water partition coefficient (Wildman–Crippen LogP) is 1.36. The van der Waals surface area contributed by atoms with Gasteiger partial charge < -0.3 is 10.2 Å². The predicted molar refractivity (Wildman–Crippen MR) is 54.8 cm³/mol. The summed E-state index contributed by atoms with van der Waals surface area (Å²) >= 11 is 0. The molecule has 2 N–H and O–H groups in total. The minimum Gasteiger partial charge on any atom is -0.421 e. The lowest BCUT2D eigenvalue weighted by molar-refractivity contribution is 0.564. The maximum Gasteiger partial charge on any atom is 0.360 e. The van der Waals surface area contributed by atoms with Crippen molar-refractivity contribution in [3.63, 3.8) is 0 Å². The first-order valence-corrected chi connectivity index (χ1v) is 4.02. The molecular formula is C11H7NO2. The summed E-state index contributed by atoms with van der Waals surface area (Å²) in [6, 6.07) is 7.02. The minimum atomic E-state index is -0.586. The average molecular weight is 185 g/mol. The van der Waals surface area contributed by atoms with Gasteiger partial charge in [0.05, 0.1) is 5.56 Å². The molecule has 0 saturated carbocycles. The Morgan fingerprint density at radius 2 is 2.07 bits per heavy atom. The Balaban J connectivity index is 3.06. The number of benzene rings is 1. The molecule has 2 aromatic rings. The van der Waals surface area contributed by atoms with E-state index in [1.165, 1.54) is 0 Å². The molecule has 0 amide bonds. The molecule has 0 saturated heterocycles. The summed E-state index contributed by atoms with van der Waals surface area (Å²) in [5, 5.41) is 0.687. The van der Waals surface area contributed by atoms with Crippen LogP contribution in [0.3, 0.4) is 0 Å². The minimum absolute atomic E-state index is 0.00815. The topological polar surface area (TPSA) is 56.2 Å². The number of nitrogens with two attached hydrogens (primary N) is 1. The van der Waals surface area contributed by atoms with Crippen LogP contribution in [-0.2, 0) is 0 Å². The Labute approximate surface area is 80.1 Å². The summed E-state index contributed by atoms with van der Waals surface area (Å²) in [7, 11) is 0. The summed E-state index contributed by atoms with van der Waals surface area (Å²) in [6.45, 7) is 0. The fourth-order valence-electron chi connectivity index (χ4n) is 1.32. The van der Waals surface area contributed by atoms with Gasteiger partial charge in [-0.1, -0.05) is 18.1 Å². The zero-order valence-corrected chi connectivity index (χ0v) is 7.28. The molecule has 0 aliphatic heterocycles. The Morgan fingerprint density at radius 3 is 2.79 bits per heavy atom. The van der Waals surface area contributed by atoms with E-state index < -0.39 is 5.63 Å². The molecule has 0 bridgehead atoms. The maximum atomic E-state index is 11.2. The highest BCUT2D eigenvalue weighted by molar-refractivity contribution is 5.87. The third-order valence-electron chi connectivity index (χ3n) is 1.99. The smallest absolute Gasteiger partial charge is 0.360 e. The number of nitrogen functional groups attached to an aromatic ring is 1. The number of anilines is 1. The molecule has 0 fully saturated rings. The third kappa shape index (κ3) is 1.05. The van der Waals surface area contributed by atoms with Crippen molar-refractivity contribution in [1.82, 2.24) is 0 Å². The number of rotatable bonds is 0. The van der Waals surface area contributed by atoms with Crippen molar-refractivity contribution in [3.05, 3.63) is 40.2 Å². The molecule has 3 heteroatoms. The van der Waals surface area contributed by atoms with Crippen molar-refractivity contribution < 1.29 is 4.42 Å². The molecule has 0 atom stereocenters. The van der Waals surface area contributed by atoms with Crippen molar-refractivity contribution in [2.45, 2.75) is 0 Å². The van der Waals surface area contributed by atoms with Crippen LogP contribution in [-0.4, -0.2) is 0 Å². The lowest BCUT2D eigenvalue weighted by atomic mass is 10.1. The van der Waals surface area contributed by atoms with E-state index in [1.54, 1.807) is 18.2 Å². The molecule has 0 aliphatic carbocycles. The molecule has 0 unspecified atom stereocenters. The molecule has 0 radical (unpaired) electrons. The van der Waals surface area contributed by atoms with Crippen molar-refractivity contribution in [2.24, 2.45) is 0 Å². The van der Waals surface area contributed by atoms with Crippen LogP contribution in [0, 0.1) is 12.3 Å². The molecular weight excluding hydrogens is 178 g/mol. The molecule has 1 aromatic carbocycles. The van der Waals surface area contributed by atoms with E-state index in [2.05, 4.69) is 5.92 Å². The van der Waals surface area contributed by atoms with Crippen LogP contribution >= 0.6 is 0 Å². The Bertz CT molecular complexity index is 590. The largest absolute Gasteiger partial charge is 0.421 e. The fourth-order valence-corrected chi connectivity index (χ4v) is 1.32. The Hall–Kier alpha value is -2.21. The van der Waals surface area contributed by atoms with Gasteiger partial charge in [0.15, 0.2) is 0 Å². The molecule has 1 aromatic heterocycles. The highest BCUT2D eigenvalue weighted by atomic mass is 16.4. The van der Waals surface area contributed by atoms with E-state index in [9.17, 15) is 4.79 Å². The van der Waals surface area contributed by atoms with Gasteiger partial charge in [0, 0.05) is 5.39 Å². The van der Waals surface area contributed by atoms with Gasteiger partial charge in [0.25, 0.3) is 0 Å². The normalized spacial score (nSPS) is 9.93. The Morgan fingerprint density at radius 1 is 1.36 bits per heavy atom. The van der Waals surface area contributed by atoms with E-state index in [4.69, 9.17) is 16.6 Å². The van der Waals surface area contributed by atoms with Gasteiger partial charge in [-0.05, 0) is 12.1 Å². The molecule has 3 nitrogen and oxygen atoms in total. The Kier molecular flexibility index (Phi) is 1.76. The van der Waals surface area contributed by atoms with Gasteiger partial charge in [-0.15, -0.1) is 6.42 Å². The highest BCUT2D eigenvalue weighted by Gasteiger charge is 2.08. The van der Waals surface area contributed by atoms with E-state index >= 15 is 0 Å². The molecule has 68 valence electrons. The van der Waals surface area contributed by atoms with Crippen molar-refractivity contribution in [3.8, 4) is 12.3 Å². The summed E-state index contributed by atoms with van der Waals surface area (Å²) in [6.07, 6.45) is 5.28. The second-order valence-electron chi connectivity index (χ2n) is 2.82. The molecule has 14 heavy (non-hydrogen) atoms. The number of hydrogen-bond donors (Lipinski definition) is 1. The second-order valence-corrected chi connectivity index (χ2v) is 2.82. The van der Waals surface area contributed by atoms with Gasteiger partial charge in [0.1, 0.15) is 11.3 Å². The molecule has 0 aliphatic rings. The summed E-state index contributed by atoms with van der Waals surface area (Å²) in [5.41, 5.74) is 5.77. The highest BCUT2D eigenvalue weighted by Crippen LogP contribution is 2.19. The van der Waals surface area contributed by atoms with Crippen LogP contribution in [0.1, 0.15) is 5.56 Å². The summed E-state index contributed by atoms with van der Waals surface area (Å²) < 4.78 is 4.96. The van der Waals surface area contributed by atoms with Crippen LogP contribution in [0.25, 0.3) is 11.0 Å². The third-order valence-corrected chi connectivity index (χ3v) is 1.99. The monoisotopic (exact) mass is 185 g/mol. The zero-order valence-electron chi connectivity index (χ0n) is 7.28. The SMILES string of the molecule is C#Cc1c(N)c(=O)oc2ccccc12. The van der Waals surface area contributed by atoms with E-state index in [0.29, 0.717) is 16.5 Å². The lowest BCUT2D eigenvalue weighted by Gasteiger charge is -2.01.